The molecule has 2 aliphatic rings. The standard InChI is InChI=1S/C17H21F3N2OS/c1-12-15(23)22(11-10-21-8-2-3-9-21)16(24-12)13-4-6-14(7-5-13)17(18,19)20/h4-7,12,16H,2-3,8-11H2,1H3/t12-,16+/m1/s1. The van der Waals surface area contributed by atoms with E-state index in [0.29, 0.717) is 6.54 Å². The minimum atomic E-state index is -4.33. The Morgan fingerprint density at radius 1 is 1.12 bits per heavy atom. The molecular formula is C17H21F3N2OS. The fourth-order valence-electron chi connectivity index (χ4n) is 3.25. The summed E-state index contributed by atoms with van der Waals surface area (Å²) in [5.41, 5.74) is 0.101. The predicted molar refractivity (Wildman–Crippen MR) is 88.6 cm³/mol. The third-order valence-corrected chi connectivity index (χ3v) is 6.02. The number of halogens is 3. The van der Waals surface area contributed by atoms with Crippen LogP contribution >= 0.6 is 11.8 Å². The number of rotatable bonds is 4. The van der Waals surface area contributed by atoms with Gasteiger partial charge in [0.2, 0.25) is 5.91 Å². The van der Waals surface area contributed by atoms with Gasteiger partial charge in [-0.15, -0.1) is 11.8 Å². The van der Waals surface area contributed by atoms with Crippen molar-refractivity contribution in [2.45, 2.75) is 36.6 Å². The van der Waals surface area contributed by atoms with Crippen molar-refractivity contribution in [1.29, 1.82) is 0 Å². The molecule has 2 aliphatic heterocycles. The van der Waals surface area contributed by atoms with Crippen LogP contribution in [-0.4, -0.2) is 47.1 Å². The maximum absolute atomic E-state index is 12.7. The van der Waals surface area contributed by atoms with Gasteiger partial charge in [0.15, 0.2) is 0 Å². The molecule has 1 aromatic carbocycles. The van der Waals surface area contributed by atoms with Crippen LogP contribution in [0.25, 0.3) is 0 Å². The number of alkyl halides is 3. The van der Waals surface area contributed by atoms with Crippen LogP contribution < -0.4 is 0 Å². The molecule has 7 heteroatoms. The fraction of sp³-hybridized carbons (Fsp3) is 0.588. The van der Waals surface area contributed by atoms with Crippen LogP contribution in [0, 0.1) is 0 Å². The van der Waals surface area contributed by atoms with E-state index in [1.165, 1.54) is 36.7 Å². The van der Waals surface area contributed by atoms with Gasteiger partial charge < -0.3 is 9.80 Å². The van der Waals surface area contributed by atoms with E-state index in [2.05, 4.69) is 4.90 Å². The summed E-state index contributed by atoms with van der Waals surface area (Å²) in [4.78, 5) is 16.6. The average Bonchev–Trinajstić information content (AvgIpc) is 3.14. The molecule has 0 spiro atoms. The second-order valence-electron chi connectivity index (χ2n) is 6.33. The van der Waals surface area contributed by atoms with Crippen molar-refractivity contribution in [1.82, 2.24) is 9.80 Å². The van der Waals surface area contributed by atoms with Crippen LogP contribution in [0.3, 0.4) is 0 Å². The molecule has 24 heavy (non-hydrogen) atoms. The molecule has 0 bridgehead atoms. The molecule has 3 nitrogen and oxygen atoms in total. The van der Waals surface area contributed by atoms with Crippen LogP contribution in [0.5, 0.6) is 0 Å². The lowest BCUT2D eigenvalue weighted by Gasteiger charge is -2.26. The molecule has 1 aromatic rings. The summed E-state index contributed by atoms with van der Waals surface area (Å²) in [6.45, 7) is 5.45. The summed E-state index contributed by atoms with van der Waals surface area (Å²) in [5, 5.41) is -0.353. The maximum atomic E-state index is 12.7. The lowest BCUT2D eigenvalue weighted by atomic mass is 10.1. The number of amides is 1. The highest BCUT2D eigenvalue weighted by Gasteiger charge is 2.39. The largest absolute Gasteiger partial charge is 0.416 e. The first kappa shape index (κ1) is 17.6. The number of benzene rings is 1. The number of carbonyl (C=O) groups is 1. The number of carbonyl (C=O) groups excluding carboxylic acids is 1. The van der Waals surface area contributed by atoms with Gasteiger partial charge in [0.1, 0.15) is 5.37 Å². The molecule has 1 amide bonds. The van der Waals surface area contributed by atoms with Gasteiger partial charge in [-0.3, -0.25) is 4.79 Å². The second-order valence-corrected chi connectivity index (χ2v) is 7.76. The van der Waals surface area contributed by atoms with Crippen LogP contribution in [0.15, 0.2) is 24.3 Å². The first-order valence-corrected chi connectivity index (χ1v) is 9.16. The highest BCUT2D eigenvalue weighted by atomic mass is 32.2. The van der Waals surface area contributed by atoms with Gasteiger partial charge in [0.05, 0.1) is 10.8 Å². The summed E-state index contributed by atoms with van der Waals surface area (Å²) < 4.78 is 38.1. The van der Waals surface area contributed by atoms with E-state index in [4.69, 9.17) is 0 Å². The second kappa shape index (κ2) is 6.96. The zero-order valence-electron chi connectivity index (χ0n) is 13.6. The van der Waals surface area contributed by atoms with E-state index in [-0.39, 0.29) is 16.5 Å². The maximum Gasteiger partial charge on any atom is 0.416 e. The predicted octanol–water partition coefficient (Wildman–Crippen LogP) is 3.76. The lowest BCUT2D eigenvalue weighted by Crippen LogP contribution is -2.37. The summed E-state index contributed by atoms with van der Waals surface area (Å²) in [6, 6.07) is 5.19. The van der Waals surface area contributed by atoms with Gasteiger partial charge in [-0.05, 0) is 50.6 Å². The van der Waals surface area contributed by atoms with Crippen LogP contribution in [-0.2, 0) is 11.0 Å². The number of likely N-dealkylation sites (tertiary alicyclic amines) is 1. The molecule has 2 saturated heterocycles. The van der Waals surface area contributed by atoms with E-state index < -0.39 is 11.7 Å². The Morgan fingerprint density at radius 3 is 2.33 bits per heavy atom. The van der Waals surface area contributed by atoms with Crippen LogP contribution in [0.4, 0.5) is 13.2 Å². The number of thioether (sulfide) groups is 1. The molecule has 132 valence electrons. The third-order valence-electron chi connectivity index (χ3n) is 4.63. The van der Waals surface area contributed by atoms with Crippen molar-refractivity contribution < 1.29 is 18.0 Å². The molecule has 2 heterocycles. The van der Waals surface area contributed by atoms with Crippen molar-refractivity contribution in [3.8, 4) is 0 Å². The number of hydrogen-bond donors (Lipinski definition) is 0. The molecule has 0 saturated carbocycles. The van der Waals surface area contributed by atoms with Gasteiger partial charge in [0, 0.05) is 13.1 Å². The van der Waals surface area contributed by atoms with Crippen molar-refractivity contribution in [2.24, 2.45) is 0 Å². The number of hydrogen-bond acceptors (Lipinski definition) is 3. The normalized spacial score (nSPS) is 25.7. The van der Waals surface area contributed by atoms with Crippen molar-refractivity contribution >= 4 is 17.7 Å². The van der Waals surface area contributed by atoms with Gasteiger partial charge in [-0.2, -0.15) is 13.2 Å². The monoisotopic (exact) mass is 358 g/mol. The molecule has 0 aromatic heterocycles. The van der Waals surface area contributed by atoms with Crippen LogP contribution in [0.2, 0.25) is 0 Å². The summed E-state index contributed by atoms with van der Waals surface area (Å²) >= 11 is 1.51. The van der Waals surface area contributed by atoms with Crippen LogP contribution in [0.1, 0.15) is 36.3 Å². The smallest absolute Gasteiger partial charge is 0.324 e. The fourth-order valence-corrected chi connectivity index (χ4v) is 4.56. The van der Waals surface area contributed by atoms with E-state index >= 15 is 0 Å². The van der Waals surface area contributed by atoms with E-state index in [1.54, 1.807) is 0 Å². The Bertz CT molecular complexity index is 584. The summed E-state index contributed by atoms with van der Waals surface area (Å²) in [5.74, 6) is 0.0732. The topological polar surface area (TPSA) is 23.6 Å². The average molecular weight is 358 g/mol. The van der Waals surface area contributed by atoms with Gasteiger partial charge >= 0.3 is 6.18 Å². The first-order valence-electron chi connectivity index (χ1n) is 8.22. The minimum Gasteiger partial charge on any atom is -0.324 e. The number of nitrogens with zero attached hydrogens (tertiary/aromatic N) is 2. The summed E-state index contributed by atoms with van der Waals surface area (Å²) in [7, 11) is 0. The molecule has 0 aliphatic carbocycles. The van der Waals surface area contributed by atoms with Crippen molar-refractivity contribution in [3.05, 3.63) is 35.4 Å². The Labute approximate surface area is 144 Å². The zero-order chi connectivity index (χ0) is 17.3. The minimum absolute atomic E-state index is 0.0732. The van der Waals surface area contributed by atoms with Crippen molar-refractivity contribution in [3.63, 3.8) is 0 Å². The molecule has 2 atom stereocenters. The van der Waals surface area contributed by atoms with E-state index in [9.17, 15) is 18.0 Å². The molecule has 2 fully saturated rings. The Morgan fingerprint density at radius 2 is 1.75 bits per heavy atom. The Balaban J connectivity index is 1.72. The first-order chi connectivity index (χ1) is 11.4. The third kappa shape index (κ3) is 3.72. The van der Waals surface area contributed by atoms with E-state index in [0.717, 1.165) is 37.3 Å². The highest BCUT2D eigenvalue weighted by Crippen LogP contribution is 2.43. The van der Waals surface area contributed by atoms with E-state index in [1.807, 2.05) is 11.8 Å². The van der Waals surface area contributed by atoms with Gasteiger partial charge in [-0.1, -0.05) is 12.1 Å². The highest BCUT2D eigenvalue weighted by molar-refractivity contribution is 8.01. The Kier molecular flexibility index (Phi) is 5.11. The SMILES string of the molecule is C[C@H]1S[C@@H](c2ccc(C(F)(F)F)cc2)N(CCN2CCCC2)C1=O. The molecule has 0 unspecified atom stereocenters. The molecular weight excluding hydrogens is 337 g/mol. The molecule has 0 radical (unpaired) electrons. The van der Waals surface area contributed by atoms with Crippen molar-refractivity contribution in [2.75, 3.05) is 26.2 Å². The van der Waals surface area contributed by atoms with Gasteiger partial charge in [0.25, 0.3) is 0 Å². The summed E-state index contributed by atoms with van der Waals surface area (Å²) in [6.07, 6.45) is -1.94. The molecule has 0 N–H and O–H groups in total. The molecule has 3 rings (SSSR count). The quantitative estimate of drug-likeness (QED) is 0.819. The zero-order valence-corrected chi connectivity index (χ0v) is 14.4. The Hall–Kier alpha value is -1.21. The van der Waals surface area contributed by atoms with Gasteiger partial charge in [-0.25, -0.2) is 0 Å². The lowest BCUT2D eigenvalue weighted by molar-refractivity contribution is -0.137.